The average Bonchev–Trinajstić information content (AvgIpc) is 2.39. The van der Waals surface area contributed by atoms with Gasteiger partial charge >= 0.3 is 0 Å². The largest absolute Gasteiger partial charge is 0.384 e. The van der Waals surface area contributed by atoms with Gasteiger partial charge in [0, 0.05) is 36.5 Å². The number of hydrogen-bond donors (Lipinski definition) is 2. The zero-order valence-electron chi connectivity index (χ0n) is 11.2. The lowest BCUT2D eigenvalue weighted by atomic mass is 9.97. The van der Waals surface area contributed by atoms with E-state index in [0.717, 1.165) is 37.4 Å². The fourth-order valence-corrected chi connectivity index (χ4v) is 2.82. The van der Waals surface area contributed by atoms with Crippen LogP contribution in [0.15, 0.2) is 18.2 Å². The number of nitrogen functional groups attached to an aromatic ring is 1. The Hall–Kier alpha value is -1.26. The minimum atomic E-state index is 0.0838. The Kier molecular flexibility index (Phi) is 4.66. The minimum absolute atomic E-state index is 0.0838. The third-order valence-electron chi connectivity index (χ3n) is 3.51. The number of piperidine rings is 1. The molecule has 1 saturated heterocycles. The summed E-state index contributed by atoms with van der Waals surface area (Å²) in [6, 6.07) is 5.49. The monoisotopic (exact) mass is 281 g/mol. The second-order valence-corrected chi connectivity index (χ2v) is 5.42. The van der Waals surface area contributed by atoms with Gasteiger partial charge in [-0.25, -0.2) is 0 Å². The van der Waals surface area contributed by atoms with Crippen LogP contribution in [0.3, 0.4) is 0 Å². The van der Waals surface area contributed by atoms with Crippen molar-refractivity contribution in [2.45, 2.75) is 12.8 Å². The van der Waals surface area contributed by atoms with E-state index < -0.39 is 0 Å². The number of nitrogens with zero attached hydrogens (tertiary/aromatic N) is 1. The van der Waals surface area contributed by atoms with Crippen molar-refractivity contribution in [3.8, 4) is 0 Å². The van der Waals surface area contributed by atoms with Crippen molar-refractivity contribution in [2.75, 3.05) is 31.7 Å². The van der Waals surface area contributed by atoms with E-state index in [0.29, 0.717) is 10.9 Å². The number of rotatable bonds is 4. The lowest BCUT2D eigenvalue weighted by Crippen LogP contribution is -2.38. The SMILES string of the molecule is COCC1CCCN(c2cc(Cl)ccc2C(=N)N)C1. The highest BCUT2D eigenvalue weighted by Gasteiger charge is 2.22. The predicted octanol–water partition coefficient (Wildman–Crippen LogP) is 2.49. The van der Waals surface area contributed by atoms with Crippen LogP contribution in [0.4, 0.5) is 5.69 Å². The Morgan fingerprint density at radius 2 is 2.37 bits per heavy atom. The first-order chi connectivity index (χ1) is 9.11. The van der Waals surface area contributed by atoms with Crippen LogP contribution in [-0.2, 0) is 4.74 Å². The number of benzene rings is 1. The van der Waals surface area contributed by atoms with E-state index in [4.69, 9.17) is 27.5 Å². The van der Waals surface area contributed by atoms with E-state index in [1.807, 2.05) is 12.1 Å². The van der Waals surface area contributed by atoms with Gasteiger partial charge in [-0.05, 0) is 37.0 Å². The number of halogens is 1. The van der Waals surface area contributed by atoms with E-state index in [1.54, 1.807) is 13.2 Å². The van der Waals surface area contributed by atoms with Gasteiger partial charge in [-0.15, -0.1) is 0 Å². The Morgan fingerprint density at radius 1 is 1.58 bits per heavy atom. The maximum atomic E-state index is 7.68. The summed E-state index contributed by atoms with van der Waals surface area (Å²) >= 11 is 6.08. The third kappa shape index (κ3) is 3.39. The maximum absolute atomic E-state index is 7.68. The smallest absolute Gasteiger partial charge is 0.124 e. The van der Waals surface area contributed by atoms with Crippen LogP contribution >= 0.6 is 11.6 Å². The number of nitrogens with two attached hydrogens (primary N) is 1. The molecule has 0 amide bonds. The summed E-state index contributed by atoms with van der Waals surface area (Å²) < 4.78 is 5.25. The molecule has 1 aromatic rings. The summed E-state index contributed by atoms with van der Waals surface area (Å²) in [7, 11) is 1.74. The molecular weight excluding hydrogens is 262 g/mol. The van der Waals surface area contributed by atoms with Crippen molar-refractivity contribution in [3.63, 3.8) is 0 Å². The molecule has 0 bridgehead atoms. The summed E-state index contributed by atoms with van der Waals surface area (Å²) in [5.74, 6) is 0.609. The van der Waals surface area contributed by atoms with Gasteiger partial charge in [-0.3, -0.25) is 5.41 Å². The van der Waals surface area contributed by atoms with E-state index in [9.17, 15) is 0 Å². The van der Waals surface area contributed by atoms with Gasteiger partial charge in [0.25, 0.3) is 0 Å². The van der Waals surface area contributed by atoms with Crippen molar-refractivity contribution >= 4 is 23.1 Å². The molecule has 19 heavy (non-hydrogen) atoms. The molecule has 1 unspecified atom stereocenters. The molecule has 1 atom stereocenters. The zero-order valence-corrected chi connectivity index (χ0v) is 11.9. The van der Waals surface area contributed by atoms with Gasteiger partial charge in [0.2, 0.25) is 0 Å². The van der Waals surface area contributed by atoms with Gasteiger partial charge in [0.1, 0.15) is 5.84 Å². The van der Waals surface area contributed by atoms with E-state index in [2.05, 4.69) is 4.90 Å². The third-order valence-corrected chi connectivity index (χ3v) is 3.75. The van der Waals surface area contributed by atoms with Crippen LogP contribution in [0.2, 0.25) is 5.02 Å². The van der Waals surface area contributed by atoms with Crippen LogP contribution in [0.1, 0.15) is 18.4 Å². The summed E-state index contributed by atoms with van der Waals surface area (Å²) in [5.41, 5.74) is 7.36. The number of hydrogen-bond acceptors (Lipinski definition) is 3. The quantitative estimate of drug-likeness (QED) is 0.658. The Labute approximate surface area is 119 Å². The highest BCUT2D eigenvalue weighted by molar-refractivity contribution is 6.31. The molecule has 0 saturated carbocycles. The molecule has 1 fully saturated rings. The lowest BCUT2D eigenvalue weighted by molar-refractivity contribution is 0.143. The first-order valence-electron chi connectivity index (χ1n) is 6.49. The van der Waals surface area contributed by atoms with Crippen LogP contribution in [0, 0.1) is 11.3 Å². The molecule has 0 aliphatic carbocycles. The maximum Gasteiger partial charge on any atom is 0.124 e. The molecule has 1 aromatic carbocycles. The van der Waals surface area contributed by atoms with Crippen molar-refractivity contribution in [2.24, 2.45) is 11.7 Å². The normalized spacial score (nSPS) is 19.5. The van der Waals surface area contributed by atoms with Crippen LogP contribution in [-0.4, -0.2) is 32.6 Å². The van der Waals surface area contributed by atoms with Crippen molar-refractivity contribution < 1.29 is 4.74 Å². The fraction of sp³-hybridized carbons (Fsp3) is 0.500. The van der Waals surface area contributed by atoms with Crippen LogP contribution in [0.5, 0.6) is 0 Å². The Balaban J connectivity index is 2.24. The number of ether oxygens (including phenoxy) is 1. The second kappa shape index (κ2) is 6.26. The standard InChI is InChI=1S/C14H20ClN3O/c1-19-9-10-3-2-6-18(8-10)13-7-11(15)4-5-12(13)14(16)17/h4-5,7,10H,2-3,6,8-9H2,1H3,(H3,16,17). The molecule has 2 rings (SSSR count). The van der Waals surface area contributed by atoms with Gasteiger partial charge in [0.05, 0.1) is 6.61 Å². The van der Waals surface area contributed by atoms with Gasteiger partial charge in [-0.1, -0.05) is 11.6 Å². The van der Waals surface area contributed by atoms with Gasteiger partial charge in [-0.2, -0.15) is 0 Å². The highest BCUT2D eigenvalue weighted by Crippen LogP contribution is 2.29. The molecule has 104 valence electrons. The molecule has 5 heteroatoms. The van der Waals surface area contributed by atoms with Crippen LogP contribution in [0.25, 0.3) is 0 Å². The second-order valence-electron chi connectivity index (χ2n) is 4.98. The highest BCUT2D eigenvalue weighted by atomic mass is 35.5. The molecular formula is C14H20ClN3O. The van der Waals surface area contributed by atoms with E-state index in [-0.39, 0.29) is 5.84 Å². The van der Waals surface area contributed by atoms with Gasteiger partial charge in [0.15, 0.2) is 0 Å². The average molecular weight is 282 g/mol. The first kappa shape index (κ1) is 14.2. The summed E-state index contributed by atoms with van der Waals surface area (Å²) in [4.78, 5) is 2.26. The molecule has 1 aliphatic rings. The minimum Gasteiger partial charge on any atom is -0.384 e. The number of methoxy groups -OCH3 is 1. The molecule has 4 nitrogen and oxygen atoms in total. The van der Waals surface area contributed by atoms with Gasteiger partial charge < -0.3 is 15.4 Å². The molecule has 0 spiro atoms. The number of nitrogens with one attached hydrogen (secondary N) is 1. The summed E-state index contributed by atoms with van der Waals surface area (Å²) in [5, 5.41) is 8.35. The summed E-state index contributed by atoms with van der Waals surface area (Å²) in [6.07, 6.45) is 2.30. The van der Waals surface area contributed by atoms with E-state index in [1.165, 1.54) is 6.42 Å². The van der Waals surface area contributed by atoms with Crippen LogP contribution < -0.4 is 10.6 Å². The number of anilines is 1. The molecule has 1 heterocycles. The molecule has 0 radical (unpaired) electrons. The topological polar surface area (TPSA) is 62.3 Å². The fourth-order valence-electron chi connectivity index (χ4n) is 2.65. The first-order valence-corrected chi connectivity index (χ1v) is 6.87. The van der Waals surface area contributed by atoms with Crippen molar-refractivity contribution in [1.82, 2.24) is 0 Å². The Morgan fingerprint density at radius 3 is 3.05 bits per heavy atom. The van der Waals surface area contributed by atoms with Crippen molar-refractivity contribution in [1.29, 1.82) is 5.41 Å². The number of amidine groups is 1. The molecule has 3 N–H and O–H groups in total. The molecule has 0 aromatic heterocycles. The van der Waals surface area contributed by atoms with E-state index >= 15 is 0 Å². The molecule has 1 aliphatic heterocycles. The van der Waals surface area contributed by atoms with Crippen molar-refractivity contribution in [3.05, 3.63) is 28.8 Å². The zero-order chi connectivity index (χ0) is 13.8. The predicted molar refractivity (Wildman–Crippen MR) is 79.3 cm³/mol. The lowest BCUT2D eigenvalue weighted by Gasteiger charge is -2.35. The summed E-state index contributed by atoms with van der Waals surface area (Å²) in [6.45, 7) is 2.67. The Bertz CT molecular complexity index is 462.